The van der Waals surface area contributed by atoms with Crippen LogP contribution in [0.5, 0.6) is 5.75 Å². The summed E-state index contributed by atoms with van der Waals surface area (Å²) in [5, 5.41) is 1.20. The molecule has 0 aliphatic heterocycles. The summed E-state index contributed by atoms with van der Waals surface area (Å²) >= 11 is 0. The Bertz CT molecular complexity index is 894. The van der Waals surface area contributed by atoms with Crippen LogP contribution in [0, 0.1) is 11.6 Å². The molecule has 1 aliphatic carbocycles. The largest absolute Gasteiger partial charge is 0.490 e. The molecule has 126 valence electrons. The maximum atomic E-state index is 14.7. The highest BCUT2D eigenvalue weighted by Crippen LogP contribution is 2.44. The molecule has 1 aliphatic rings. The lowest BCUT2D eigenvalue weighted by Crippen LogP contribution is -1.99. The van der Waals surface area contributed by atoms with E-state index in [1.54, 1.807) is 18.2 Å². The number of rotatable bonds is 6. The molecular formula is C20H20F2O2. The number of hydrogen-bond donors (Lipinski definition) is 0. The first kappa shape index (κ1) is 15.4. The van der Waals surface area contributed by atoms with Crippen molar-refractivity contribution >= 4 is 21.9 Å². The third kappa shape index (κ3) is 2.54. The number of unbranched alkanes of at least 4 members (excludes halogenated alkanes) is 2. The molecule has 1 aromatic heterocycles. The van der Waals surface area contributed by atoms with Gasteiger partial charge in [-0.15, -0.1) is 0 Å². The number of halogens is 2. The average Bonchev–Trinajstić information content (AvgIpc) is 3.34. The molecule has 1 saturated carbocycles. The molecule has 2 aromatic carbocycles. The van der Waals surface area contributed by atoms with Gasteiger partial charge in [0.1, 0.15) is 0 Å². The maximum Gasteiger partial charge on any atom is 0.208 e. The lowest BCUT2D eigenvalue weighted by atomic mass is 10.1. The molecule has 1 fully saturated rings. The van der Waals surface area contributed by atoms with Gasteiger partial charge >= 0.3 is 0 Å². The van der Waals surface area contributed by atoms with Gasteiger partial charge in [-0.25, -0.2) is 4.39 Å². The van der Waals surface area contributed by atoms with Crippen molar-refractivity contribution in [3.05, 3.63) is 41.5 Å². The molecule has 1 heterocycles. The predicted octanol–water partition coefficient (Wildman–Crippen LogP) is 6.31. The van der Waals surface area contributed by atoms with E-state index in [-0.39, 0.29) is 28.7 Å². The lowest BCUT2D eigenvalue weighted by Gasteiger charge is -2.06. The van der Waals surface area contributed by atoms with Crippen molar-refractivity contribution in [1.82, 2.24) is 0 Å². The van der Waals surface area contributed by atoms with E-state index in [0.29, 0.717) is 22.9 Å². The fraction of sp³-hybridized carbons (Fsp3) is 0.400. The van der Waals surface area contributed by atoms with Crippen molar-refractivity contribution in [2.45, 2.75) is 44.9 Å². The van der Waals surface area contributed by atoms with Gasteiger partial charge < -0.3 is 9.15 Å². The summed E-state index contributed by atoms with van der Waals surface area (Å²) < 4.78 is 40.4. The Morgan fingerprint density at radius 2 is 1.71 bits per heavy atom. The van der Waals surface area contributed by atoms with Crippen molar-refractivity contribution in [3.8, 4) is 5.75 Å². The minimum absolute atomic E-state index is 0.0739. The predicted molar refractivity (Wildman–Crippen MR) is 90.6 cm³/mol. The van der Waals surface area contributed by atoms with E-state index in [9.17, 15) is 8.78 Å². The standard InChI is InChI=1S/C20H20F2O2/c1-2-3-4-11-23-16-10-9-15-14-8-7-13(12-5-6-12)17(21)19(14)24-20(15)18(16)22/h7-10,12H,2-6,11H2,1H3. The number of benzene rings is 2. The van der Waals surface area contributed by atoms with Crippen molar-refractivity contribution in [3.63, 3.8) is 0 Å². The van der Waals surface area contributed by atoms with Gasteiger partial charge in [0.25, 0.3) is 0 Å². The molecular weight excluding hydrogens is 310 g/mol. The SMILES string of the molecule is CCCCCOc1ccc2c(oc3c(F)c(C4CC4)ccc32)c1F. The molecule has 24 heavy (non-hydrogen) atoms. The molecule has 0 bridgehead atoms. The monoisotopic (exact) mass is 330 g/mol. The van der Waals surface area contributed by atoms with Crippen molar-refractivity contribution < 1.29 is 17.9 Å². The van der Waals surface area contributed by atoms with Crippen LogP contribution in [0.1, 0.15) is 50.5 Å². The van der Waals surface area contributed by atoms with Crippen molar-refractivity contribution in [2.24, 2.45) is 0 Å². The minimum Gasteiger partial charge on any atom is -0.490 e. The first-order valence-electron chi connectivity index (χ1n) is 8.66. The molecule has 0 unspecified atom stereocenters. The summed E-state index contributed by atoms with van der Waals surface area (Å²) in [6.07, 6.45) is 5.02. The fourth-order valence-corrected chi connectivity index (χ4v) is 3.19. The second-order valence-electron chi connectivity index (χ2n) is 6.53. The minimum atomic E-state index is -0.549. The molecule has 0 amide bonds. The van der Waals surface area contributed by atoms with Crippen LogP contribution in [0.15, 0.2) is 28.7 Å². The van der Waals surface area contributed by atoms with Crippen LogP contribution >= 0.6 is 0 Å². The Morgan fingerprint density at radius 3 is 2.42 bits per heavy atom. The number of hydrogen-bond acceptors (Lipinski definition) is 2. The number of ether oxygens (including phenoxy) is 1. The molecule has 3 aromatic rings. The summed E-state index contributed by atoms with van der Waals surface area (Å²) in [5.74, 6) is -0.450. The number of fused-ring (bicyclic) bond motifs is 3. The lowest BCUT2D eigenvalue weighted by molar-refractivity contribution is 0.291. The van der Waals surface area contributed by atoms with Gasteiger partial charge in [0.05, 0.1) is 6.61 Å². The number of furan rings is 1. The molecule has 2 nitrogen and oxygen atoms in total. The van der Waals surface area contributed by atoms with Crippen LogP contribution in [0.2, 0.25) is 0 Å². The summed E-state index contributed by atoms with van der Waals surface area (Å²) in [5.41, 5.74) is 0.902. The summed E-state index contributed by atoms with van der Waals surface area (Å²) in [4.78, 5) is 0. The van der Waals surface area contributed by atoms with E-state index in [1.807, 2.05) is 6.07 Å². The molecule has 4 heteroatoms. The summed E-state index contributed by atoms with van der Waals surface area (Å²) in [6.45, 7) is 2.57. The first-order valence-corrected chi connectivity index (χ1v) is 8.66. The highest BCUT2D eigenvalue weighted by molar-refractivity contribution is 6.05. The van der Waals surface area contributed by atoms with Gasteiger partial charge in [-0.2, -0.15) is 4.39 Å². The Hall–Kier alpha value is -2.10. The van der Waals surface area contributed by atoms with Gasteiger partial charge in [0.2, 0.25) is 5.82 Å². The van der Waals surface area contributed by atoms with E-state index < -0.39 is 5.82 Å². The smallest absolute Gasteiger partial charge is 0.208 e. The molecule has 0 spiro atoms. The van der Waals surface area contributed by atoms with Crippen LogP contribution in [-0.4, -0.2) is 6.61 Å². The quantitative estimate of drug-likeness (QED) is 0.494. The Balaban J connectivity index is 1.74. The van der Waals surface area contributed by atoms with Crippen molar-refractivity contribution in [2.75, 3.05) is 6.61 Å². The Kier molecular flexibility index (Phi) is 3.91. The third-order valence-electron chi connectivity index (χ3n) is 4.71. The van der Waals surface area contributed by atoms with E-state index in [4.69, 9.17) is 9.15 Å². The van der Waals surface area contributed by atoms with E-state index in [0.717, 1.165) is 32.1 Å². The first-order chi connectivity index (χ1) is 11.7. The third-order valence-corrected chi connectivity index (χ3v) is 4.71. The zero-order valence-corrected chi connectivity index (χ0v) is 13.7. The van der Waals surface area contributed by atoms with E-state index >= 15 is 0 Å². The second-order valence-corrected chi connectivity index (χ2v) is 6.53. The molecule has 0 atom stereocenters. The summed E-state index contributed by atoms with van der Waals surface area (Å²) in [7, 11) is 0. The highest BCUT2D eigenvalue weighted by atomic mass is 19.1. The highest BCUT2D eigenvalue weighted by Gasteiger charge is 2.29. The zero-order valence-electron chi connectivity index (χ0n) is 13.7. The van der Waals surface area contributed by atoms with Crippen molar-refractivity contribution in [1.29, 1.82) is 0 Å². The molecule has 4 rings (SSSR count). The van der Waals surface area contributed by atoms with Crippen LogP contribution < -0.4 is 4.74 Å². The van der Waals surface area contributed by atoms with Gasteiger partial charge in [-0.3, -0.25) is 0 Å². The van der Waals surface area contributed by atoms with Crippen LogP contribution in [0.4, 0.5) is 8.78 Å². The van der Waals surface area contributed by atoms with Crippen LogP contribution in [0.3, 0.4) is 0 Å². The van der Waals surface area contributed by atoms with Crippen LogP contribution in [0.25, 0.3) is 21.9 Å². The van der Waals surface area contributed by atoms with Gasteiger partial charge in [0, 0.05) is 10.8 Å². The van der Waals surface area contributed by atoms with E-state index in [1.165, 1.54) is 0 Å². The molecule has 0 saturated heterocycles. The van der Waals surface area contributed by atoms with Crippen LogP contribution in [-0.2, 0) is 0 Å². The maximum absolute atomic E-state index is 14.7. The van der Waals surface area contributed by atoms with E-state index in [2.05, 4.69) is 6.92 Å². The second kappa shape index (κ2) is 6.08. The molecule has 0 radical (unpaired) electrons. The van der Waals surface area contributed by atoms with Gasteiger partial charge in [-0.05, 0) is 48.9 Å². The average molecular weight is 330 g/mol. The molecule has 0 N–H and O–H groups in total. The normalized spacial score (nSPS) is 14.6. The zero-order chi connectivity index (χ0) is 16.7. The Labute approximate surface area is 139 Å². The Morgan fingerprint density at radius 1 is 1.00 bits per heavy atom. The van der Waals surface area contributed by atoms with Gasteiger partial charge in [-0.1, -0.05) is 25.8 Å². The topological polar surface area (TPSA) is 22.4 Å². The summed E-state index contributed by atoms with van der Waals surface area (Å²) in [6, 6.07) is 6.98. The fourth-order valence-electron chi connectivity index (χ4n) is 3.19. The van der Waals surface area contributed by atoms with Gasteiger partial charge in [0.15, 0.2) is 22.7 Å².